The van der Waals surface area contributed by atoms with E-state index in [1.165, 1.54) is 30.7 Å². The molecule has 2 unspecified atom stereocenters. The molecule has 0 radical (unpaired) electrons. The van der Waals surface area contributed by atoms with E-state index in [1.54, 1.807) is 0 Å². The molecule has 0 amide bonds. The lowest BCUT2D eigenvalue weighted by Crippen LogP contribution is -2.41. The van der Waals surface area contributed by atoms with Crippen molar-refractivity contribution in [3.05, 3.63) is 18.0 Å². The Kier molecular flexibility index (Phi) is 3.59. The third-order valence-electron chi connectivity index (χ3n) is 3.95. The normalized spacial score (nSPS) is 29.3. The van der Waals surface area contributed by atoms with E-state index in [1.807, 2.05) is 29.7 Å². The van der Waals surface area contributed by atoms with Crippen molar-refractivity contribution in [1.29, 1.82) is 0 Å². The number of aromatic nitrogens is 2. The molecule has 0 aromatic carbocycles. The average Bonchev–Trinajstić information content (AvgIpc) is 2.98. The molecule has 1 aromatic rings. The minimum Gasteiger partial charge on any atom is -0.362 e. The van der Waals surface area contributed by atoms with Gasteiger partial charge in [-0.3, -0.25) is 9.67 Å². The monoisotopic (exact) mass is 264 g/mol. The van der Waals surface area contributed by atoms with Gasteiger partial charge in [0.25, 0.3) is 0 Å². The van der Waals surface area contributed by atoms with Gasteiger partial charge >= 0.3 is 0 Å². The van der Waals surface area contributed by atoms with Crippen LogP contribution < -0.4 is 5.32 Å². The first kappa shape index (κ1) is 12.1. The molecule has 18 heavy (non-hydrogen) atoms. The molecule has 1 aliphatic heterocycles. The quantitative estimate of drug-likeness (QED) is 0.905. The number of nitrogens with zero attached hydrogens (tertiary/aromatic N) is 3. The summed E-state index contributed by atoms with van der Waals surface area (Å²) in [5.74, 6) is 2.13. The highest BCUT2D eigenvalue weighted by atomic mass is 32.2. The summed E-state index contributed by atoms with van der Waals surface area (Å²) in [5.41, 5.74) is 1.25. The number of fused-ring (bicyclic) bond motifs is 1. The van der Waals surface area contributed by atoms with Gasteiger partial charge in [0.15, 0.2) is 5.17 Å². The van der Waals surface area contributed by atoms with E-state index < -0.39 is 0 Å². The Balaban J connectivity index is 1.52. The van der Waals surface area contributed by atoms with Crippen LogP contribution in [0.1, 0.15) is 25.0 Å². The lowest BCUT2D eigenvalue weighted by Gasteiger charge is -2.28. The van der Waals surface area contributed by atoms with Gasteiger partial charge in [-0.15, -0.1) is 0 Å². The second kappa shape index (κ2) is 5.34. The molecule has 2 heterocycles. The fourth-order valence-electron chi connectivity index (χ4n) is 2.82. The zero-order valence-electron chi connectivity index (χ0n) is 10.8. The predicted octanol–water partition coefficient (Wildman–Crippen LogP) is 1.82. The number of aliphatic imine (C=N–C) groups is 1. The zero-order chi connectivity index (χ0) is 12.4. The maximum Gasteiger partial charge on any atom is 0.156 e. The Morgan fingerprint density at radius 1 is 1.56 bits per heavy atom. The van der Waals surface area contributed by atoms with Crippen molar-refractivity contribution in [1.82, 2.24) is 15.1 Å². The van der Waals surface area contributed by atoms with Gasteiger partial charge in [-0.05, 0) is 24.8 Å². The Bertz CT molecular complexity index is 440. The first-order valence-corrected chi connectivity index (χ1v) is 7.72. The maximum absolute atomic E-state index is 4.69. The number of hydrogen-bond acceptors (Lipinski definition) is 3. The highest BCUT2D eigenvalue weighted by molar-refractivity contribution is 8.13. The van der Waals surface area contributed by atoms with Crippen molar-refractivity contribution < 1.29 is 0 Å². The summed E-state index contributed by atoms with van der Waals surface area (Å²) in [4.78, 5) is 4.69. The van der Waals surface area contributed by atoms with Crippen LogP contribution in [0.2, 0.25) is 0 Å². The van der Waals surface area contributed by atoms with Crippen molar-refractivity contribution in [3.63, 3.8) is 0 Å². The van der Waals surface area contributed by atoms with E-state index in [-0.39, 0.29) is 0 Å². The van der Waals surface area contributed by atoms with Crippen molar-refractivity contribution in [2.75, 3.05) is 12.3 Å². The summed E-state index contributed by atoms with van der Waals surface area (Å²) in [6, 6.07) is 2.76. The Labute approximate surface area is 112 Å². The number of hydrogen-bond donors (Lipinski definition) is 1. The second-order valence-electron chi connectivity index (χ2n) is 5.14. The van der Waals surface area contributed by atoms with Crippen LogP contribution in [0, 0.1) is 5.92 Å². The van der Waals surface area contributed by atoms with Crippen LogP contribution in [-0.4, -0.2) is 33.3 Å². The highest BCUT2D eigenvalue weighted by Gasteiger charge is 2.31. The maximum atomic E-state index is 4.69. The van der Waals surface area contributed by atoms with Crippen LogP contribution >= 0.6 is 11.8 Å². The lowest BCUT2D eigenvalue weighted by molar-refractivity contribution is 0.489. The lowest BCUT2D eigenvalue weighted by atomic mass is 10.1. The van der Waals surface area contributed by atoms with Gasteiger partial charge in [0.05, 0.1) is 0 Å². The summed E-state index contributed by atoms with van der Waals surface area (Å²) < 4.78 is 1.93. The Hall–Kier alpha value is -0.970. The van der Waals surface area contributed by atoms with Crippen molar-refractivity contribution >= 4 is 16.9 Å². The summed E-state index contributed by atoms with van der Waals surface area (Å²) in [6.07, 6.45) is 6.92. The number of amidine groups is 1. The van der Waals surface area contributed by atoms with Crippen molar-refractivity contribution in [2.45, 2.75) is 31.7 Å². The third-order valence-corrected chi connectivity index (χ3v) is 5.06. The van der Waals surface area contributed by atoms with Crippen LogP contribution in [0.5, 0.6) is 0 Å². The Morgan fingerprint density at radius 2 is 2.50 bits per heavy atom. The minimum atomic E-state index is 0.696. The van der Waals surface area contributed by atoms with E-state index in [2.05, 4.69) is 21.5 Å². The molecule has 2 atom stereocenters. The smallest absolute Gasteiger partial charge is 0.156 e. The fraction of sp³-hybridized carbons (Fsp3) is 0.692. The fourth-order valence-corrected chi connectivity index (χ4v) is 4.01. The molecule has 3 rings (SSSR count). The minimum absolute atomic E-state index is 0.696. The summed E-state index contributed by atoms with van der Waals surface area (Å²) in [6.45, 7) is 0.853. The second-order valence-corrected chi connectivity index (χ2v) is 6.14. The van der Waals surface area contributed by atoms with Gasteiger partial charge in [-0.2, -0.15) is 5.10 Å². The van der Waals surface area contributed by atoms with Crippen LogP contribution in [0.3, 0.4) is 0 Å². The van der Waals surface area contributed by atoms with E-state index in [0.29, 0.717) is 6.04 Å². The van der Waals surface area contributed by atoms with Gasteiger partial charge in [-0.25, -0.2) is 0 Å². The van der Waals surface area contributed by atoms with Gasteiger partial charge in [-0.1, -0.05) is 18.2 Å². The molecule has 1 aromatic heterocycles. The molecule has 98 valence electrons. The van der Waals surface area contributed by atoms with Crippen molar-refractivity contribution in [3.8, 4) is 0 Å². The molecule has 0 bridgehead atoms. The van der Waals surface area contributed by atoms with E-state index in [4.69, 9.17) is 0 Å². The molecule has 4 nitrogen and oxygen atoms in total. The summed E-state index contributed by atoms with van der Waals surface area (Å²) in [7, 11) is 1.99. The van der Waals surface area contributed by atoms with Gasteiger partial charge in [0.1, 0.15) is 0 Å². The van der Waals surface area contributed by atoms with Crippen LogP contribution in [0.4, 0.5) is 0 Å². The topological polar surface area (TPSA) is 42.2 Å². The molecule has 0 spiro atoms. The molecule has 5 heteroatoms. The first-order valence-electron chi connectivity index (χ1n) is 6.73. The van der Waals surface area contributed by atoms with Gasteiger partial charge in [0, 0.05) is 43.7 Å². The highest BCUT2D eigenvalue weighted by Crippen LogP contribution is 2.32. The van der Waals surface area contributed by atoms with Crippen LogP contribution in [0.25, 0.3) is 0 Å². The SMILES string of the molecule is Cn1nccc1CCN=C1NC2CCCC2CS1. The van der Waals surface area contributed by atoms with Gasteiger partial charge < -0.3 is 5.32 Å². The molecule has 1 saturated carbocycles. The molecular weight excluding hydrogens is 244 g/mol. The first-order chi connectivity index (χ1) is 8.83. The molecular formula is C13H20N4S. The summed E-state index contributed by atoms with van der Waals surface area (Å²) in [5, 5.41) is 8.93. The Morgan fingerprint density at radius 3 is 3.33 bits per heavy atom. The number of rotatable bonds is 3. The van der Waals surface area contributed by atoms with E-state index in [0.717, 1.165) is 24.1 Å². The average molecular weight is 264 g/mol. The van der Waals surface area contributed by atoms with Crippen LogP contribution in [-0.2, 0) is 13.5 Å². The molecule has 1 saturated heterocycles. The van der Waals surface area contributed by atoms with Crippen LogP contribution in [0.15, 0.2) is 17.3 Å². The molecule has 1 N–H and O–H groups in total. The standard InChI is InChI=1S/C13H20N4S/c1-17-11(6-8-15-17)5-7-14-13-16-12-4-2-3-10(12)9-18-13/h6,8,10,12H,2-5,7,9H2,1H3,(H,14,16). The number of aryl methyl sites for hydroxylation is 1. The number of thioether (sulfide) groups is 1. The molecule has 2 fully saturated rings. The zero-order valence-corrected chi connectivity index (χ0v) is 11.6. The van der Waals surface area contributed by atoms with Crippen molar-refractivity contribution in [2.24, 2.45) is 18.0 Å². The van der Waals surface area contributed by atoms with E-state index >= 15 is 0 Å². The predicted molar refractivity (Wildman–Crippen MR) is 75.9 cm³/mol. The third kappa shape index (κ3) is 2.55. The van der Waals surface area contributed by atoms with E-state index in [9.17, 15) is 0 Å². The van der Waals surface area contributed by atoms with Gasteiger partial charge in [0.2, 0.25) is 0 Å². The molecule has 2 aliphatic rings. The largest absolute Gasteiger partial charge is 0.362 e. The number of nitrogens with one attached hydrogen (secondary N) is 1. The summed E-state index contributed by atoms with van der Waals surface area (Å²) >= 11 is 1.90. The molecule has 1 aliphatic carbocycles.